The normalized spacial score (nSPS) is 11.6. The molecule has 0 N–H and O–H groups in total. The van der Waals surface area contributed by atoms with E-state index in [4.69, 9.17) is 9.97 Å². The van der Waals surface area contributed by atoms with Crippen LogP contribution in [-0.2, 0) is 0 Å². The quantitative estimate of drug-likeness (QED) is 0.172. The Labute approximate surface area is 324 Å². The van der Waals surface area contributed by atoms with Crippen molar-refractivity contribution in [3.8, 4) is 56.4 Å². The van der Waals surface area contributed by atoms with Crippen molar-refractivity contribution in [3.05, 3.63) is 206 Å². The fourth-order valence-electron chi connectivity index (χ4n) is 8.46. The molecule has 0 aliphatic carbocycles. The summed E-state index contributed by atoms with van der Waals surface area (Å²) in [5.41, 5.74) is 13.9. The van der Waals surface area contributed by atoms with Crippen molar-refractivity contribution in [1.29, 1.82) is 0 Å². The maximum absolute atomic E-state index is 5.41. The lowest BCUT2D eigenvalue weighted by Crippen LogP contribution is -1.99. The molecule has 0 spiro atoms. The van der Waals surface area contributed by atoms with Gasteiger partial charge in [-0.25, -0.2) is 9.97 Å². The van der Waals surface area contributed by atoms with E-state index in [-0.39, 0.29) is 0 Å². The van der Waals surface area contributed by atoms with Gasteiger partial charge in [0.15, 0.2) is 5.82 Å². The number of fused-ring (bicyclic) bond motifs is 6. The minimum absolute atomic E-state index is 0.683. The minimum Gasteiger partial charge on any atom is -0.309 e. The van der Waals surface area contributed by atoms with E-state index in [1.807, 2.05) is 12.1 Å². The van der Waals surface area contributed by atoms with E-state index >= 15 is 0 Å². The van der Waals surface area contributed by atoms with Crippen molar-refractivity contribution in [1.82, 2.24) is 19.1 Å². The number of para-hydroxylation sites is 4. The second kappa shape index (κ2) is 13.1. The Kier molecular flexibility index (Phi) is 7.46. The molecule has 0 saturated heterocycles. The Morgan fingerprint density at radius 1 is 0.304 bits per heavy atom. The third kappa shape index (κ3) is 5.15. The van der Waals surface area contributed by atoms with Crippen molar-refractivity contribution in [2.24, 2.45) is 0 Å². The zero-order valence-corrected chi connectivity index (χ0v) is 30.4. The highest BCUT2D eigenvalue weighted by atomic mass is 15.0. The van der Waals surface area contributed by atoms with Crippen LogP contribution in [0.4, 0.5) is 0 Å². The van der Waals surface area contributed by atoms with Gasteiger partial charge < -0.3 is 9.13 Å². The molecule has 262 valence electrons. The molecule has 8 aromatic carbocycles. The number of hydrogen-bond donors (Lipinski definition) is 0. The van der Waals surface area contributed by atoms with E-state index in [2.05, 4.69) is 203 Å². The summed E-state index contributed by atoms with van der Waals surface area (Å²) in [5.74, 6) is 0.683. The second-order valence-electron chi connectivity index (χ2n) is 14.2. The van der Waals surface area contributed by atoms with Gasteiger partial charge in [0.05, 0.1) is 33.5 Å². The van der Waals surface area contributed by atoms with E-state index < -0.39 is 0 Å². The fraction of sp³-hybridized carbons (Fsp3) is 0. The number of benzene rings is 8. The molecule has 0 aliphatic heterocycles. The molecular formula is C52H34N4. The highest BCUT2D eigenvalue weighted by molar-refractivity contribution is 6.19. The van der Waals surface area contributed by atoms with E-state index in [1.165, 1.54) is 16.2 Å². The van der Waals surface area contributed by atoms with Gasteiger partial charge >= 0.3 is 0 Å². The SMILES string of the molecule is c1ccc(-c2cc(-c3ccccc3)nc(-c3cc4c5ccccc5n(-c5ccccc5)c4cc3-c3cccc4c3c3ccccc3n4-c3ccccc3)n2)cc1. The lowest BCUT2D eigenvalue weighted by atomic mass is 9.93. The van der Waals surface area contributed by atoms with E-state index in [1.54, 1.807) is 0 Å². The van der Waals surface area contributed by atoms with Gasteiger partial charge in [-0.3, -0.25) is 0 Å². The van der Waals surface area contributed by atoms with Crippen molar-refractivity contribution in [3.63, 3.8) is 0 Å². The van der Waals surface area contributed by atoms with E-state index in [9.17, 15) is 0 Å². The van der Waals surface area contributed by atoms with Gasteiger partial charge in [0.2, 0.25) is 0 Å². The summed E-state index contributed by atoms with van der Waals surface area (Å²) >= 11 is 0. The molecule has 0 saturated carbocycles. The summed E-state index contributed by atoms with van der Waals surface area (Å²) in [6, 6.07) is 73.1. The Morgan fingerprint density at radius 3 is 1.39 bits per heavy atom. The Hall–Kier alpha value is -7.56. The summed E-state index contributed by atoms with van der Waals surface area (Å²) in [6.45, 7) is 0. The molecule has 0 fully saturated rings. The van der Waals surface area contributed by atoms with Gasteiger partial charge in [0.25, 0.3) is 0 Å². The molecule has 3 heterocycles. The van der Waals surface area contributed by atoms with Crippen LogP contribution in [0.25, 0.3) is 100 Å². The van der Waals surface area contributed by atoms with Crippen LogP contribution in [0, 0.1) is 0 Å². The van der Waals surface area contributed by atoms with E-state index in [0.717, 1.165) is 78.0 Å². The zero-order chi connectivity index (χ0) is 37.0. The van der Waals surface area contributed by atoms with Crippen LogP contribution in [-0.4, -0.2) is 19.1 Å². The lowest BCUT2D eigenvalue weighted by molar-refractivity contribution is 1.17. The monoisotopic (exact) mass is 714 g/mol. The first-order chi connectivity index (χ1) is 27.8. The topological polar surface area (TPSA) is 35.6 Å². The van der Waals surface area contributed by atoms with Gasteiger partial charge in [-0.15, -0.1) is 0 Å². The van der Waals surface area contributed by atoms with Crippen LogP contribution in [0.1, 0.15) is 0 Å². The summed E-state index contributed by atoms with van der Waals surface area (Å²) in [6.07, 6.45) is 0. The van der Waals surface area contributed by atoms with Crippen LogP contribution in [0.15, 0.2) is 206 Å². The van der Waals surface area contributed by atoms with Crippen molar-refractivity contribution < 1.29 is 0 Å². The first kappa shape index (κ1) is 31.9. The third-order valence-electron chi connectivity index (χ3n) is 10.9. The average molecular weight is 715 g/mol. The predicted molar refractivity (Wildman–Crippen MR) is 232 cm³/mol. The Morgan fingerprint density at radius 2 is 0.786 bits per heavy atom. The molecule has 11 rings (SSSR count). The van der Waals surface area contributed by atoms with Crippen LogP contribution in [0.5, 0.6) is 0 Å². The van der Waals surface area contributed by atoms with Crippen molar-refractivity contribution in [2.45, 2.75) is 0 Å². The largest absolute Gasteiger partial charge is 0.309 e. The number of rotatable bonds is 6. The molecule has 4 nitrogen and oxygen atoms in total. The number of aromatic nitrogens is 4. The van der Waals surface area contributed by atoms with Gasteiger partial charge in [-0.05, 0) is 71.8 Å². The van der Waals surface area contributed by atoms with E-state index in [0.29, 0.717) is 5.82 Å². The molecule has 56 heavy (non-hydrogen) atoms. The lowest BCUT2D eigenvalue weighted by Gasteiger charge is -2.16. The maximum atomic E-state index is 5.41. The van der Waals surface area contributed by atoms with Crippen LogP contribution < -0.4 is 0 Å². The summed E-state index contributed by atoms with van der Waals surface area (Å²) in [5, 5.41) is 4.72. The number of nitrogens with zero attached hydrogens (tertiary/aromatic N) is 4. The molecular weight excluding hydrogens is 681 g/mol. The number of hydrogen-bond acceptors (Lipinski definition) is 2. The van der Waals surface area contributed by atoms with Crippen molar-refractivity contribution >= 4 is 43.6 Å². The van der Waals surface area contributed by atoms with Crippen LogP contribution in [0.2, 0.25) is 0 Å². The fourth-order valence-corrected chi connectivity index (χ4v) is 8.46. The molecule has 0 bridgehead atoms. The first-order valence-electron chi connectivity index (χ1n) is 19.0. The molecule has 0 radical (unpaired) electrons. The molecule has 0 unspecified atom stereocenters. The highest BCUT2D eigenvalue weighted by Crippen LogP contribution is 2.45. The Balaban J connectivity index is 1.29. The molecule has 0 aliphatic rings. The molecule has 3 aromatic heterocycles. The van der Waals surface area contributed by atoms with Gasteiger partial charge in [-0.2, -0.15) is 0 Å². The maximum Gasteiger partial charge on any atom is 0.161 e. The summed E-state index contributed by atoms with van der Waals surface area (Å²) in [7, 11) is 0. The van der Waals surface area contributed by atoms with Crippen molar-refractivity contribution in [2.75, 3.05) is 0 Å². The minimum atomic E-state index is 0.683. The van der Waals surface area contributed by atoms with Gasteiger partial charge in [0, 0.05) is 49.6 Å². The molecule has 11 aromatic rings. The summed E-state index contributed by atoms with van der Waals surface area (Å²) in [4.78, 5) is 10.8. The molecule has 0 atom stereocenters. The molecule has 0 amide bonds. The zero-order valence-electron chi connectivity index (χ0n) is 30.4. The third-order valence-corrected chi connectivity index (χ3v) is 10.9. The van der Waals surface area contributed by atoms with Crippen LogP contribution in [0.3, 0.4) is 0 Å². The highest BCUT2D eigenvalue weighted by Gasteiger charge is 2.23. The first-order valence-corrected chi connectivity index (χ1v) is 19.0. The van der Waals surface area contributed by atoms with Gasteiger partial charge in [0.1, 0.15) is 0 Å². The standard InChI is InChI=1S/C52H34N4/c1-5-18-35(19-6-1)45-34-46(36-20-7-2-8-21-36)54-52(53-45)44-32-43-39-26-13-15-29-47(39)56(38-24-11-4-12-25-38)50(43)33-42(44)40-28-17-31-49-51(40)41-27-14-16-30-48(41)55(49)37-22-9-3-10-23-37/h1-34H. The Bertz CT molecular complexity index is 3160. The van der Waals surface area contributed by atoms with Crippen LogP contribution >= 0.6 is 0 Å². The molecule has 4 heteroatoms. The smallest absolute Gasteiger partial charge is 0.161 e. The predicted octanol–water partition coefficient (Wildman–Crippen LogP) is 13.3. The van der Waals surface area contributed by atoms with Gasteiger partial charge in [-0.1, -0.05) is 146 Å². The summed E-state index contributed by atoms with van der Waals surface area (Å²) < 4.78 is 4.77. The average Bonchev–Trinajstić information content (AvgIpc) is 3.79. The second-order valence-corrected chi connectivity index (χ2v) is 14.2.